The van der Waals surface area contributed by atoms with Gasteiger partial charge in [0.2, 0.25) is 5.69 Å². The van der Waals surface area contributed by atoms with Crippen molar-refractivity contribution in [3.8, 4) is 0 Å². The monoisotopic (exact) mass is 295 g/mol. The summed E-state index contributed by atoms with van der Waals surface area (Å²) < 4.78 is 5.83. The molecule has 0 unspecified atom stereocenters. The molecule has 114 valence electrons. The molecule has 8 heteroatoms. The van der Waals surface area contributed by atoms with Gasteiger partial charge in [-0.15, -0.1) is 0 Å². The Hall–Kier alpha value is -2.38. The molecule has 1 amide bonds. The lowest BCUT2D eigenvalue weighted by molar-refractivity contribution is -0.614. The lowest BCUT2D eigenvalue weighted by Gasteiger charge is -2.29. The van der Waals surface area contributed by atoms with Gasteiger partial charge >= 0.3 is 11.8 Å². The zero-order chi connectivity index (χ0) is 15.8. The molecule has 0 saturated carbocycles. The number of aromatic nitrogens is 1. The van der Waals surface area contributed by atoms with Crippen LogP contribution in [0, 0.1) is 15.3 Å². The van der Waals surface area contributed by atoms with Crippen LogP contribution in [0.15, 0.2) is 12.3 Å². The van der Waals surface area contributed by atoms with E-state index in [0.29, 0.717) is 17.6 Å². The van der Waals surface area contributed by atoms with Gasteiger partial charge < -0.3 is 9.94 Å². The Morgan fingerprint density at radius 1 is 1.48 bits per heavy atom. The number of ether oxygens (including phenoxy) is 1. The maximum atomic E-state index is 12.2. The third-order valence-corrected chi connectivity index (χ3v) is 3.03. The molecule has 0 aromatic carbocycles. The van der Waals surface area contributed by atoms with Crippen LogP contribution in [0.5, 0.6) is 0 Å². The second-order valence-electron chi connectivity index (χ2n) is 5.81. The largest absolute Gasteiger partial charge is 0.618 e. The molecule has 0 N–H and O–H groups in total. The number of carbonyl (C=O) groups excluding carboxylic acids is 1. The second-order valence-corrected chi connectivity index (χ2v) is 5.81. The minimum absolute atomic E-state index is 0.0398. The van der Waals surface area contributed by atoms with E-state index in [1.54, 1.807) is 20.8 Å². The lowest BCUT2D eigenvalue weighted by Crippen LogP contribution is -2.44. The van der Waals surface area contributed by atoms with Crippen molar-refractivity contribution in [3.05, 3.63) is 33.3 Å². The van der Waals surface area contributed by atoms with Gasteiger partial charge in [0.25, 0.3) is 0 Å². The number of carbonyl (C=O) groups is 1. The van der Waals surface area contributed by atoms with Crippen LogP contribution in [0.4, 0.5) is 16.2 Å². The van der Waals surface area contributed by atoms with E-state index in [2.05, 4.69) is 0 Å². The summed E-state index contributed by atoms with van der Waals surface area (Å²) in [5.41, 5.74) is -0.715. The summed E-state index contributed by atoms with van der Waals surface area (Å²) in [5, 5.41) is 23.0. The van der Waals surface area contributed by atoms with Gasteiger partial charge in [-0.05, 0) is 27.2 Å². The zero-order valence-corrected chi connectivity index (χ0v) is 12.2. The third-order valence-electron chi connectivity index (χ3n) is 3.03. The van der Waals surface area contributed by atoms with Crippen molar-refractivity contribution >= 4 is 17.5 Å². The standard InChI is InChI=1S/C13H17N3O5/c1-13(2,3)21-12(17)14-7-4-5-9-11(14)10(16(19)20)6-8-15(9)18/h6,8H,4-5,7H2,1-3H3. The Morgan fingerprint density at radius 2 is 2.14 bits per heavy atom. The molecule has 0 saturated heterocycles. The number of fused-ring (bicyclic) bond motifs is 1. The molecule has 1 aliphatic rings. The SMILES string of the molecule is CC(C)(C)OC(=O)N1CCCc2c1c([N+](=O)[O-])cc[n+]2[O-]. The molecule has 2 heterocycles. The first-order valence-electron chi connectivity index (χ1n) is 6.60. The zero-order valence-electron chi connectivity index (χ0n) is 12.2. The van der Waals surface area contributed by atoms with E-state index >= 15 is 0 Å². The van der Waals surface area contributed by atoms with E-state index < -0.39 is 16.6 Å². The van der Waals surface area contributed by atoms with E-state index in [0.717, 1.165) is 12.3 Å². The van der Waals surface area contributed by atoms with Crippen molar-refractivity contribution in [3.63, 3.8) is 0 Å². The second kappa shape index (κ2) is 5.19. The van der Waals surface area contributed by atoms with Crippen LogP contribution < -0.4 is 9.63 Å². The first kappa shape index (κ1) is 15.0. The molecule has 0 aliphatic carbocycles. The fourth-order valence-corrected chi connectivity index (χ4v) is 2.25. The Kier molecular flexibility index (Phi) is 3.71. The predicted molar refractivity (Wildman–Crippen MR) is 74.0 cm³/mol. The first-order valence-corrected chi connectivity index (χ1v) is 6.60. The molecule has 0 fully saturated rings. The summed E-state index contributed by atoms with van der Waals surface area (Å²) in [6.45, 7) is 5.42. The van der Waals surface area contributed by atoms with Gasteiger partial charge in [0, 0.05) is 13.0 Å². The summed E-state index contributed by atoms with van der Waals surface area (Å²) >= 11 is 0. The van der Waals surface area contributed by atoms with E-state index in [1.807, 2.05) is 0 Å². The van der Waals surface area contributed by atoms with Gasteiger partial charge in [0.15, 0.2) is 11.9 Å². The van der Waals surface area contributed by atoms with Crippen molar-refractivity contribution < 1.29 is 19.2 Å². The van der Waals surface area contributed by atoms with Crippen molar-refractivity contribution in [2.75, 3.05) is 11.4 Å². The van der Waals surface area contributed by atoms with Crippen LogP contribution in [0.25, 0.3) is 0 Å². The highest BCUT2D eigenvalue weighted by Gasteiger charge is 2.37. The third kappa shape index (κ3) is 3.04. The van der Waals surface area contributed by atoms with Gasteiger partial charge in [0.05, 0.1) is 11.0 Å². The Balaban J connectivity index is 2.49. The molecule has 1 aromatic rings. The van der Waals surface area contributed by atoms with Gasteiger partial charge in [0.1, 0.15) is 5.60 Å². The van der Waals surface area contributed by atoms with Crippen LogP contribution >= 0.6 is 0 Å². The maximum absolute atomic E-state index is 12.2. The number of nitro groups is 1. The van der Waals surface area contributed by atoms with Crippen LogP contribution in [0.2, 0.25) is 0 Å². The van der Waals surface area contributed by atoms with Crippen molar-refractivity contribution in [2.24, 2.45) is 0 Å². The number of pyridine rings is 1. The van der Waals surface area contributed by atoms with Crippen LogP contribution in [0.1, 0.15) is 32.9 Å². The van der Waals surface area contributed by atoms with E-state index in [9.17, 15) is 20.1 Å². The highest BCUT2D eigenvalue weighted by atomic mass is 16.6. The summed E-state index contributed by atoms with van der Waals surface area (Å²) in [7, 11) is 0. The Labute approximate surface area is 121 Å². The highest BCUT2D eigenvalue weighted by molar-refractivity contribution is 5.92. The van der Waals surface area contributed by atoms with E-state index in [4.69, 9.17) is 4.74 Å². The Bertz CT molecular complexity index is 594. The summed E-state index contributed by atoms with van der Waals surface area (Å²) in [5.74, 6) is 0. The average Bonchev–Trinajstić information content (AvgIpc) is 2.36. The van der Waals surface area contributed by atoms with Crippen LogP contribution in [0.3, 0.4) is 0 Å². The Morgan fingerprint density at radius 3 is 2.71 bits per heavy atom. The minimum atomic E-state index is -0.717. The minimum Gasteiger partial charge on any atom is -0.618 e. The molecule has 0 radical (unpaired) electrons. The maximum Gasteiger partial charge on any atom is 0.415 e. The van der Waals surface area contributed by atoms with Gasteiger partial charge in [-0.1, -0.05) is 0 Å². The average molecular weight is 295 g/mol. The van der Waals surface area contributed by atoms with Crippen LogP contribution in [-0.4, -0.2) is 23.2 Å². The lowest BCUT2D eigenvalue weighted by atomic mass is 10.1. The molecule has 0 bridgehead atoms. The summed E-state index contributed by atoms with van der Waals surface area (Å²) in [6, 6.07) is 1.11. The molecule has 1 aliphatic heterocycles. The molecular formula is C13H17N3O5. The fourth-order valence-electron chi connectivity index (χ4n) is 2.25. The normalized spacial score (nSPS) is 14.5. The fraction of sp³-hybridized carbons (Fsp3) is 0.538. The molecule has 1 aromatic heterocycles. The number of nitrogens with zero attached hydrogens (tertiary/aromatic N) is 3. The highest BCUT2D eigenvalue weighted by Crippen LogP contribution is 2.34. The molecule has 0 atom stereocenters. The summed E-state index contributed by atoms with van der Waals surface area (Å²) in [6.07, 6.45) is 1.35. The van der Waals surface area contributed by atoms with Gasteiger partial charge in [-0.3, -0.25) is 15.0 Å². The topological polar surface area (TPSA) is 99.6 Å². The van der Waals surface area contributed by atoms with Gasteiger partial charge in [-0.2, -0.15) is 4.73 Å². The molecular weight excluding hydrogens is 278 g/mol. The molecule has 8 nitrogen and oxygen atoms in total. The van der Waals surface area contributed by atoms with Gasteiger partial charge in [-0.25, -0.2) is 4.79 Å². The number of rotatable bonds is 1. The molecule has 21 heavy (non-hydrogen) atoms. The number of anilines is 1. The van der Waals surface area contributed by atoms with E-state index in [-0.39, 0.29) is 23.6 Å². The van der Waals surface area contributed by atoms with Crippen molar-refractivity contribution in [1.82, 2.24) is 0 Å². The van der Waals surface area contributed by atoms with Crippen LogP contribution in [-0.2, 0) is 11.2 Å². The quantitative estimate of drug-likeness (QED) is 0.341. The molecule has 0 spiro atoms. The number of hydrogen-bond donors (Lipinski definition) is 0. The number of hydrogen-bond acceptors (Lipinski definition) is 5. The van der Waals surface area contributed by atoms with E-state index in [1.165, 1.54) is 4.90 Å². The first-order chi connectivity index (χ1) is 9.70. The number of amides is 1. The molecule has 2 rings (SSSR count). The smallest absolute Gasteiger partial charge is 0.415 e. The predicted octanol–water partition coefficient (Wildman–Crippen LogP) is 1.92. The summed E-state index contributed by atoms with van der Waals surface area (Å²) in [4.78, 5) is 24.0. The van der Waals surface area contributed by atoms with Crippen molar-refractivity contribution in [2.45, 2.75) is 39.2 Å². The van der Waals surface area contributed by atoms with Crippen molar-refractivity contribution in [1.29, 1.82) is 0 Å².